The van der Waals surface area contributed by atoms with E-state index in [1.54, 1.807) is 7.11 Å². The molecule has 158 valence electrons. The largest absolute Gasteiger partial charge is 0.497 e. The number of methoxy groups -OCH3 is 1. The van der Waals surface area contributed by atoms with Crippen molar-refractivity contribution in [3.63, 3.8) is 0 Å². The highest BCUT2D eigenvalue weighted by Gasteiger charge is 2.23. The molecule has 0 saturated carbocycles. The monoisotopic (exact) mass is 445 g/mol. The summed E-state index contributed by atoms with van der Waals surface area (Å²) in [6, 6.07) is 15.6. The number of halogens is 2. The van der Waals surface area contributed by atoms with Crippen molar-refractivity contribution >= 4 is 40.8 Å². The van der Waals surface area contributed by atoms with E-state index in [0.717, 1.165) is 46.9 Å². The summed E-state index contributed by atoms with van der Waals surface area (Å²) < 4.78 is 5.29. The van der Waals surface area contributed by atoms with Gasteiger partial charge in [-0.25, -0.2) is 4.98 Å². The number of pyridine rings is 1. The van der Waals surface area contributed by atoms with Crippen LogP contribution in [0.15, 0.2) is 48.5 Å². The average molecular weight is 446 g/mol. The van der Waals surface area contributed by atoms with E-state index in [2.05, 4.69) is 22.0 Å². The topological polar surface area (TPSA) is 45.7 Å². The molecule has 3 aromatic rings. The lowest BCUT2D eigenvalue weighted by molar-refractivity contribution is 0.0623. The van der Waals surface area contributed by atoms with Crippen LogP contribution in [0.5, 0.6) is 5.75 Å². The van der Waals surface area contributed by atoms with Crippen molar-refractivity contribution in [3.8, 4) is 5.75 Å². The zero-order valence-electron chi connectivity index (χ0n) is 17.1. The summed E-state index contributed by atoms with van der Waals surface area (Å²) >= 11 is 5.96. The Morgan fingerprint density at radius 1 is 1.07 bits per heavy atom. The molecule has 5 nitrogen and oxygen atoms in total. The van der Waals surface area contributed by atoms with Crippen molar-refractivity contribution in [2.75, 3.05) is 33.3 Å². The molecule has 1 amide bonds. The molecule has 1 saturated heterocycles. The highest BCUT2D eigenvalue weighted by molar-refractivity contribution is 6.30. The Hall–Kier alpha value is -2.34. The first-order valence-corrected chi connectivity index (χ1v) is 10.1. The minimum atomic E-state index is -0.00281. The van der Waals surface area contributed by atoms with Crippen LogP contribution in [-0.2, 0) is 6.54 Å². The molecular formula is C23H25Cl2N3O2. The summed E-state index contributed by atoms with van der Waals surface area (Å²) in [6.07, 6.45) is 0. The van der Waals surface area contributed by atoms with Gasteiger partial charge in [0.15, 0.2) is 0 Å². The van der Waals surface area contributed by atoms with Gasteiger partial charge in [-0.05, 0) is 54.4 Å². The molecule has 0 unspecified atom stereocenters. The summed E-state index contributed by atoms with van der Waals surface area (Å²) in [4.78, 5) is 21.9. The van der Waals surface area contributed by atoms with Crippen LogP contribution in [0.2, 0.25) is 5.02 Å². The minimum absolute atomic E-state index is 0. The van der Waals surface area contributed by atoms with Gasteiger partial charge in [0.25, 0.3) is 5.91 Å². The van der Waals surface area contributed by atoms with Gasteiger partial charge in [0.1, 0.15) is 11.4 Å². The molecule has 0 radical (unpaired) electrons. The molecule has 0 N–H and O–H groups in total. The SMILES string of the molecule is COc1ccc2nc(C(=O)N3CCN(Cc4ccc(Cl)cc4)CC3)cc(C)c2c1.Cl. The van der Waals surface area contributed by atoms with Crippen molar-refractivity contribution in [2.45, 2.75) is 13.5 Å². The molecule has 7 heteroatoms. The van der Waals surface area contributed by atoms with Crippen LogP contribution in [0.25, 0.3) is 10.9 Å². The summed E-state index contributed by atoms with van der Waals surface area (Å²) in [7, 11) is 1.65. The number of rotatable bonds is 4. The number of nitrogens with zero attached hydrogens (tertiary/aromatic N) is 3. The maximum atomic E-state index is 13.0. The number of benzene rings is 2. The lowest BCUT2D eigenvalue weighted by atomic mass is 10.1. The molecule has 1 aliphatic heterocycles. The van der Waals surface area contributed by atoms with E-state index in [9.17, 15) is 4.79 Å². The molecule has 2 aromatic carbocycles. The van der Waals surface area contributed by atoms with Crippen LogP contribution in [0, 0.1) is 6.92 Å². The second kappa shape index (κ2) is 9.65. The van der Waals surface area contributed by atoms with Gasteiger partial charge in [-0.15, -0.1) is 12.4 Å². The molecule has 0 aliphatic carbocycles. The molecule has 30 heavy (non-hydrogen) atoms. The van der Waals surface area contributed by atoms with Crippen LogP contribution in [0.3, 0.4) is 0 Å². The maximum absolute atomic E-state index is 13.0. The highest BCUT2D eigenvalue weighted by atomic mass is 35.5. The van der Waals surface area contributed by atoms with Crippen LogP contribution < -0.4 is 4.74 Å². The fraction of sp³-hybridized carbons (Fsp3) is 0.304. The zero-order chi connectivity index (χ0) is 20.4. The van der Waals surface area contributed by atoms with Gasteiger partial charge in [-0.3, -0.25) is 9.69 Å². The van der Waals surface area contributed by atoms with Crippen molar-refractivity contribution < 1.29 is 9.53 Å². The Balaban J connectivity index is 0.00000256. The summed E-state index contributed by atoms with van der Waals surface area (Å²) in [5, 5.41) is 1.76. The number of carbonyl (C=O) groups excluding carboxylic acids is 1. The van der Waals surface area contributed by atoms with Crippen LogP contribution in [-0.4, -0.2) is 54.0 Å². The van der Waals surface area contributed by atoms with Crippen LogP contribution in [0.4, 0.5) is 0 Å². The van der Waals surface area contributed by atoms with Crippen molar-refractivity contribution in [2.24, 2.45) is 0 Å². The first-order chi connectivity index (χ1) is 14.0. The lowest BCUT2D eigenvalue weighted by Crippen LogP contribution is -2.48. The first-order valence-electron chi connectivity index (χ1n) is 9.75. The van der Waals surface area contributed by atoms with Crippen molar-refractivity contribution in [3.05, 3.63) is 70.4 Å². The van der Waals surface area contributed by atoms with E-state index in [-0.39, 0.29) is 18.3 Å². The smallest absolute Gasteiger partial charge is 0.272 e. The van der Waals surface area contributed by atoms with E-state index in [0.29, 0.717) is 18.8 Å². The quantitative estimate of drug-likeness (QED) is 0.589. The Labute approximate surface area is 188 Å². The number of carbonyl (C=O) groups is 1. The average Bonchev–Trinajstić information content (AvgIpc) is 2.75. The normalized spacial score (nSPS) is 14.4. The summed E-state index contributed by atoms with van der Waals surface area (Å²) in [5.41, 5.74) is 3.58. The predicted molar refractivity (Wildman–Crippen MR) is 123 cm³/mol. The van der Waals surface area contributed by atoms with Crippen LogP contribution >= 0.6 is 24.0 Å². The fourth-order valence-corrected chi connectivity index (χ4v) is 3.85. The summed E-state index contributed by atoms with van der Waals surface area (Å²) in [6.45, 7) is 5.97. The van der Waals surface area contributed by atoms with Gasteiger partial charge in [-0.2, -0.15) is 0 Å². The molecule has 2 heterocycles. The van der Waals surface area contributed by atoms with E-state index < -0.39 is 0 Å². The Kier molecular flexibility index (Phi) is 7.19. The number of piperazine rings is 1. The number of fused-ring (bicyclic) bond motifs is 1. The highest BCUT2D eigenvalue weighted by Crippen LogP contribution is 2.24. The van der Waals surface area contributed by atoms with E-state index in [1.165, 1.54) is 5.56 Å². The lowest BCUT2D eigenvalue weighted by Gasteiger charge is -2.34. The molecule has 1 fully saturated rings. The zero-order valence-corrected chi connectivity index (χ0v) is 18.7. The molecule has 0 atom stereocenters. The molecule has 0 bridgehead atoms. The second-order valence-electron chi connectivity index (χ2n) is 7.40. The number of amides is 1. The number of aryl methyl sites for hydroxylation is 1. The van der Waals surface area contributed by atoms with Gasteiger partial charge in [0.05, 0.1) is 12.6 Å². The van der Waals surface area contributed by atoms with Gasteiger partial charge in [-0.1, -0.05) is 23.7 Å². The van der Waals surface area contributed by atoms with Crippen molar-refractivity contribution in [1.82, 2.24) is 14.8 Å². The molecule has 0 spiro atoms. The van der Waals surface area contributed by atoms with Crippen molar-refractivity contribution in [1.29, 1.82) is 0 Å². The third-order valence-electron chi connectivity index (χ3n) is 5.42. The molecule has 1 aromatic heterocycles. The van der Waals surface area contributed by atoms with E-state index >= 15 is 0 Å². The van der Waals surface area contributed by atoms with E-state index in [1.807, 2.05) is 48.2 Å². The number of hydrogen-bond donors (Lipinski definition) is 0. The van der Waals surface area contributed by atoms with Gasteiger partial charge < -0.3 is 9.64 Å². The third kappa shape index (κ3) is 4.86. The van der Waals surface area contributed by atoms with Crippen LogP contribution in [0.1, 0.15) is 21.6 Å². The standard InChI is InChI=1S/C23H24ClN3O2.ClH/c1-16-13-22(25-21-8-7-19(29-2)14-20(16)21)23(28)27-11-9-26(10-12-27)15-17-3-5-18(24)6-4-17;/h3-8,13-14H,9-12,15H2,1-2H3;1H. The summed E-state index contributed by atoms with van der Waals surface area (Å²) in [5.74, 6) is 0.787. The first kappa shape index (κ1) is 22.3. The second-order valence-corrected chi connectivity index (χ2v) is 7.84. The third-order valence-corrected chi connectivity index (χ3v) is 5.67. The van der Waals surface area contributed by atoms with Gasteiger partial charge in [0.2, 0.25) is 0 Å². The van der Waals surface area contributed by atoms with Gasteiger partial charge >= 0.3 is 0 Å². The minimum Gasteiger partial charge on any atom is -0.497 e. The molecular weight excluding hydrogens is 421 g/mol. The predicted octanol–water partition coefficient (Wildman–Crippen LogP) is 4.59. The Morgan fingerprint density at radius 2 is 1.77 bits per heavy atom. The Morgan fingerprint density at radius 3 is 2.43 bits per heavy atom. The Bertz CT molecular complexity index is 1030. The maximum Gasteiger partial charge on any atom is 0.272 e. The number of hydrogen-bond acceptors (Lipinski definition) is 4. The molecule has 1 aliphatic rings. The number of ether oxygens (including phenoxy) is 1. The van der Waals surface area contributed by atoms with Gasteiger partial charge in [0, 0.05) is 43.1 Å². The van der Waals surface area contributed by atoms with E-state index in [4.69, 9.17) is 16.3 Å². The fourth-order valence-electron chi connectivity index (χ4n) is 3.73. The molecule has 4 rings (SSSR count). The number of aromatic nitrogens is 1.